The molecule has 0 amide bonds. The number of aromatic nitrogens is 2. The number of thiazole rings is 1. The van der Waals surface area contributed by atoms with Gasteiger partial charge in [-0.05, 0) is 39.0 Å². The number of oxazole rings is 1. The van der Waals surface area contributed by atoms with E-state index in [9.17, 15) is 4.79 Å². The summed E-state index contributed by atoms with van der Waals surface area (Å²) in [7, 11) is 2.03. The van der Waals surface area contributed by atoms with Crippen LogP contribution in [0.5, 0.6) is 0 Å². The number of hydrogen-bond acceptors (Lipinski definition) is 7. The lowest BCUT2D eigenvalue weighted by Crippen LogP contribution is -2.36. The Labute approximate surface area is 204 Å². The average molecular weight is 496 g/mol. The molecule has 0 saturated heterocycles. The van der Waals surface area contributed by atoms with Crippen molar-refractivity contribution in [1.29, 1.82) is 0 Å². The molecule has 0 bridgehead atoms. The Morgan fingerprint density at radius 3 is 2.50 bits per heavy atom. The van der Waals surface area contributed by atoms with Crippen molar-refractivity contribution in [3.05, 3.63) is 74.0 Å². The number of anilines is 1. The Morgan fingerprint density at radius 2 is 1.82 bits per heavy atom. The molecule has 3 heterocycles. The van der Waals surface area contributed by atoms with Gasteiger partial charge in [-0.2, -0.15) is 4.57 Å². The van der Waals surface area contributed by atoms with Gasteiger partial charge in [0.25, 0.3) is 11.1 Å². The maximum absolute atomic E-state index is 13.3. The second-order valence-corrected chi connectivity index (χ2v) is 9.60. The normalized spacial score (nSPS) is 14.8. The SMILES string of the molecule is CC(=O)[O-].CCn1c(=O)/c(=C2\Sc3ccccc3N2C)s/c1=C\c1oc2ccccc2[n+]1CC. The van der Waals surface area contributed by atoms with E-state index in [0.717, 1.165) is 50.4 Å². The highest BCUT2D eigenvalue weighted by Gasteiger charge is 2.25. The second-order valence-electron chi connectivity index (χ2n) is 7.54. The molecule has 2 aromatic carbocycles. The summed E-state index contributed by atoms with van der Waals surface area (Å²) in [4.78, 5) is 25.5. The highest BCUT2D eigenvalue weighted by atomic mass is 32.2. The molecule has 176 valence electrons. The van der Waals surface area contributed by atoms with Gasteiger partial charge in [-0.15, -0.1) is 11.3 Å². The third kappa shape index (κ3) is 4.41. The predicted molar refractivity (Wildman–Crippen MR) is 134 cm³/mol. The molecule has 0 spiro atoms. The van der Waals surface area contributed by atoms with Gasteiger partial charge >= 0.3 is 5.89 Å². The number of carbonyl (C=O) groups is 1. The quantitative estimate of drug-likeness (QED) is 0.404. The summed E-state index contributed by atoms with van der Waals surface area (Å²) in [5, 5.41) is 9.88. The van der Waals surface area contributed by atoms with Gasteiger partial charge in [-0.1, -0.05) is 36.0 Å². The second kappa shape index (κ2) is 9.90. The van der Waals surface area contributed by atoms with E-state index in [0.29, 0.717) is 6.54 Å². The molecular formula is C25H25N3O4S2. The lowest BCUT2D eigenvalue weighted by molar-refractivity contribution is -0.674. The number of carbonyl (C=O) groups excluding carboxylic acids is 1. The largest absolute Gasteiger partial charge is 0.550 e. The minimum Gasteiger partial charge on any atom is -0.550 e. The van der Waals surface area contributed by atoms with Crippen molar-refractivity contribution in [2.24, 2.45) is 0 Å². The number of rotatable bonds is 3. The molecule has 0 saturated carbocycles. The number of fused-ring (bicyclic) bond motifs is 2. The zero-order chi connectivity index (χ0) is 24.4. The van der Waals surface area contributed by atoms with Gasteiger partial charge in [0.2, 0.25) is 5.58 Å². The van der Waals surface area contributed by atoms with E-state index in [1.54, 1.807) is 11.8 Å². The van der Waals surface area contributed by atoms with Crippen molar-refractivity contribution in [3.63, 3.8) is 0 Å². The first-order valence-electron chi connectivity index (χ1n) is 10.9. The van der Waals surface area contributed by atoms with Crippen LogP contribution in [-0.2, 0) is 17.9 Å². The van der Waals surface area contributed by atoms with E-state index >= 15 is 0 Å². The summed E-state index contributed by atoms with van der Waals surface area (Å²) < 4.78 is 11.8. The Balaban J connectivity index is 0.000000636. The van der Waals surface area contributed by atoms with E-state index in [4.69, 9.17) is 14.3 Å². The lowest BCUT2D eigenvalue weighted by atomic mass is 10.3. The Bertz CT molecular complexity index is 1540. The van der Waals surface area contributed by atoms with Gasteiger partial charge in [0.15, 0.2) is 0 Å². The molecule has 0 unspecified atom stereocenters. The maximum atomic E-state index is 13.3. The van der Waals surface area contributed by atoms with Crippen molar-refractivity contribution >= 4 is 57.0 Å². The third-order valence-electron chi connectivity index (χ3n) is 5.36. The fourth-order valence-electron chi connectivity index (χ4n) is 3.86. The summed E-state index contributed by atoms with van der Waals surface area (Å²) in [6.45, 7) is 6.49. The van der Waals surface area contributed by atoms with Crippen molar-refractivity contribution < 1.29 is 18.9 Å². The number of para-hydroxylation sites is 3. The number of carboxylic acids is 1. The van der Waals surface area contributed by atoms with Gasteiger partial charge in [-0.3, -0.25) is 9.36 Å². The van der Waals surface area contributed by atoms with E-state index in [-0.39, 0.29) is 5.56 Å². The highest BCUT2D eigenvalue weighted by Crippen LogP contribution is 2.44. The zero-order valence-electron chi connectivity index (χ0n) is 19.4. The van der Waals surface area contributed by atoms with Crippen LogP contribution in [0.4, 0.5) is 5.69 Å². The number of thioether (sulfide) groups is 1. The highest BCUT2D eigenvalue weighted by molar-refractivity contribution is 8.08. The molecule has 0 radical (unpaired) electrons. The number of aryl methyl sites for hydroxylation is 1. The Hall–Kier alpha value is -3.30. The van der Waals surface area contributed by atoms with Crippen LogP contribution >= 0.6 is 23.1 Å². The first-order valence-corrected chi connectivity index (χ1v) is 12.5. The topological polar surface area (TPSA) is 82.4 Å². The summed E-state index contributed by atoms with van der Waals surface area (Å²) in [5.74, 6) is -0.325. The molecule has 0 aliphatic carbocycles. The van der Waals surface area contributed by atoms with Crippen LogP contribution in [0.25, 0.3) is 22.2 Å². The van der Waals surface area contributed by atoms with Crippen LogP contribution in [-0.4, -0.2) is 17.6 Å². The number of benzene rings is 2. The molecule has 4 aromatic rings. The Kier molecular flexibility index (Phi) is 6.95. The van der Waals surface area contributed by atoms with Crippen LogP contribution in [0.2, 0.25) is 0 Å². The number of nitrogens with zero attached hydrogens (tertiary/aromatic N) is 3. The molecule has 0 fully saturated rings. The summed E-state index contributed by atoms with van der Waals surface area (Å²) in [5.41, 5.74) is 3.10. The zero-order valence-corrected chi connectivity index (χ0v) is 21.0. The van der Waals surface area contributed by atoms with Crippen LogP contribution in [0.1, 0.15) is 26.7 Å². The smallest absolute Gasteiger partial charge is 0.377 e. The average Bonchev–Trinajstić information content (AvgIpc) is 3.44. The third-order valence-corrected chi connectivity index (χ3v) is 7.85. The van der Waals surface area contributed by atoms with Gasteiger partial charge in [0, 0.05) is 30.5 Å². The summed E-state index contributed by atoms with van der Waals surface area (Å²) >= 11 is 3.19. The van der Waals surface area contributed by atoms with E-state index in [1.165, 1.54) is 16.2 Å². The van der Waals surface area contributed by atoms with Gasteiger partial charge in [-0.25, -0.2) is 0 Å². The first-order chi connectivity index (χ1) is 16.3. The first kappa shape index (κ1) is 23.8. The van der Waals surface area contributed by atoms with Crippen LogP contribution in [0, 0.1) is 0 Å². The van der Waals surface area contributed by atoms with E-state index in [2.05, 4.69) is 34.6 Å². The molecule has 34 heavy (non-hydrogen) atoms. The minimum atomic E-state index is -1.08. The molecule has 9 heteroatoms. The monoisotopic (exact) mass is 495 g/mol. The summed E-state index contributed by atoms with van der Waals surface area (Å²) in [6, 6.07) is 16.3. The van der Waals surface area contributed by atoms with Crippen LogP contribution in [0.15, 0.2) is 62.6 Å². The van der Waals surface area contributed by atoms with Gasteiger partial charge < -0.3 is 19.2 Å². The van der Waals surface area contributed by atoms with Crippen LogP contribution < -0.4 is 29.3 Å². The number of carboxylic acid groups (broad SMARTS) is 1. The standard InChI is InChI=1S/C23H22N3O2S2.C2H4O2/c1-4-25-15-10-6-8-12-17(15)28-19(25)14-20-26(5-2)22(27)21(30-20)23-24(3)16-11-7-9-13-18(16)29-23;1-2(3)4/h6-14H,4-5H2,1-3H3;1H3,(H,3,4)/q+1;/p-1/b23-21+;. The fourth-order valence-corrected chi connectivity index (χ4v) is 6.30. The van der Waals surface area contributed by atoms with Gasteiger partial charge in [0.05, 0.1) is 11.8 Å². The predicted octanol–water partition coefficient (Wildman–Crippen LogP) is 1.88. The maximum Gasteiger partial charge on any atom is 0.377 e. The van der Waals surface area contributed by atoms with Crippen molar-refractivity contribution in [2.45, 2.75) is 38.8 Å². The van der Waals surface area contributed by atoms with Crippen molar-refractivity contribution in [1.82, 2.24) is 4.57 Å². The molecule has 7 nitrogen and oxygen atoms in total. The van der Waals surface area contributed by atoms with Crippen molar-refractivity contribution in [2.75, 3.05) is 11.9 Å². The summed E-state index contributed by atoms with van der Waals surface area (Å²) in [6.07, 6.45) is 2.00. The molecule has 2 aromatic heterocycles. The molecule has 0 N–H and O–H groups in total. The minimum absolute atomic E-state index is 0.0510. The van der Waals surface area contributed by atoms with Gasteiger partial charge in [0.1, 0.15) is 20.8 Å². The molecule has 1 aliphatic rings. The van der Waals surface area contributed by atoms with E-state index < -0.39 is 5.97 Å². The van der Waals surface area contributed by atoms with Crippen molar-refractivity contribution in [3.8, 4) is 0 Å². The van der Waals surface area contributed by atoms with Crippen LogP contribution in [0.3, 0.4) is 0 Å². The molecule has 1 aliphatic heterocycles. The fraction of sp³-hybridized carbons (Fsp3) is 0.240. The Morgan fingerprint density at radius 1 is 1.15 bits per heavy atom. The lowest BCUT2D eigenvalue weighted by Gasteiger charge is -2.11. The number of aliphatic carboxylic acids is 1. The van der Waals surface area contributed by atoms with E-state index in [1.807, 2.05) is 54.9 Å². The molecule has 5 rings (SSSR count). The molecular weight excluding hydrogens is 470 g/mol. The number of hydrogen-bond donors (Lipinski definition) is 0. The molecule has 0 atom stereocenters.